The number of amides is 1. The Labute approximate surface area is 142 Å². The Morgan fingerprint density at radius 2 is 2.13 bits per heavy atom. The van der Waals surface area contributed by atoms with E-state index >= 15 is 0 Å². The summed E-state index contributed by atoms with van der Waals surface area (Å²) < 4.78 is 0. The van der Waals surface area contributed by atoms with Crippen LogP contribution in [0.2, 0.25) is 0 Å². The molecule has 7 heteroatoms. The Kier molecular flexibility index (Phi) is 7.98. The van der Waals surface area contributed by atoms with Crippen molar-refractivity contribution in [3.63, 3.8) is 0 Å². The Morgan fingerprint density at radius 3 is 2.78 bits per heavy atom. The van der Waals surface area contributed by atoms with Gasteiger partial charge >= 0.3 is 0 Å². The van der Waals surface area contributed by atoms with Gasteiger partial charge in [0, 0.05) is 18.6 Å². The highest BCUT2D eigenvalue weighted by Crippen LogP contribution is 2.20. The molecule has 6 nitrogen and oxygen atoms in total. The van der Waals surface area contributed by atoms with Crippen LogP contribution in [0.3, 0.4) is 0 Å². The number of piperidine rings is 1. The van der Waals surface area contributed by atoms with E-state index in [0.717, 1.165) is 37.9 Å². The number of hydrogen-bond donors (Lipinski definition) is 2. The molecule has 1 aromatic rings. The van der Waals surface area contributed by atoms with Crippen molar-refractivity contribution in [2.24, 2.45) is 5.92 Å². The Bertz CT molecular complexity index is 533. The summed E-state index contributed by atoms with van der Waals surface area (Å²) in [5, 5.41) is 17.0. The SMILES string of the molecule is CC(NC(=O)CCC1CCNCC1)c1cccc([N+](=O)[O-])c1.Cl. The van der Waals surface area contributed by atoms with Crippen LogP contribution in [-0.4, -0.2) is 23.9 Å². The average molecular weight is 342 g/mol. The molecule has 1 amide bonds. The Hall–Kier alpha value is -1.66. The fourth-order valence-electron chi connectivity index (χ4n) is 2.81. The molecule has 0 saturated carbocycles. The highest BCUT2D eigenvalue weighted by Gasteiger charge is 2.16. The van der Waals surface area contributed by atoms with Crippen molar-refractivity contribution in [1.29, 1.82) is 0 Å². The molecule has 0 spiro atoms. The predicted molar refractivity (Wildman–Crippen MR) is 91.7 cm³/mol. The fourth-order valence-corrected chi connectivity index (χ4v) is 2.81. The van der Waals surface area contributed by atoms with E-state index in [0.29, 0.717) is 12.3 Å². The normalized spacial score (nSPS) is 16.2. The van der Waals surface area contributed by atoms with Gasteiger partial charge in [0.15, 0.2) is 0 Å². The van der Waals surface area contributed by atoms with Crippen LogP contribution in [0.15, 0.2) is 24.3 Å². The van der Waals surface area contributed by atoms with Crippen LogP contribution < -0.4 is 10.6 Å². The third-order valence-corrected chi connectivity index (χ3v) is 4.20. The first-order chi connectivity index (χ1) is 10.6. The molecule has 1 unspecified atom stereocenters. The Balaban J connectivity index is 0.00000264. The summed E-state index contributed by atoms with van der Waals surface area (Å²) in [5.74, 6) is 0.637. The van der Waals surface area contributed by atoms with Gasteiger partial charge in [-0.2, -0.15) is 0 Å². The van der Waals surface area contributed by atoms with Gasteiger partial charge in [-0.3, -0.25) is 14.9 Å². The van der Waals surface area contributed by atoms with Gasteiger partial charge in [-0.05, 0) is 50.8 Å². The second kappa shape index (κ2) is 9.47. The molecule has 1 aliphatic rings. The molecule has 1 heterocycles. The minimum absolute atomic E-state index is 0. The van der Waals surface area contributed by atoms with Gasteiger partial charge < -0.3 is 10.6 Å². The largest absolute Gasteiger partial charge is 0.350 e. The molecule has 1 fully saturated rings. The molecule has 1 saturated heterocycles. The van der Waals surface area contributed by atoms with Gasteiger partial charge in [0.1, 0.15) is 0 Å². The van der Waals surface area contributed by atoms with E-state index in [1.807, 2.05) is 6.92 Å². The van der Waals surface area contributed by atoms with E-state index in [-0.39, 0.29) is 30.0 Å². The van der Waals surface area contributed by atoms with Crippen molar-refractivity contribution in [1.82, 2.24) is 10.6 Å². The van der Waals surface area contributed by atoms with Crippen molar-refractivity contribution in [3.05, 3.63) is 39.9 Å². The van der Waals surface area contributed by atoms with Crippen LogP contribution in [-0.2, 0) is 4.79 Å². The second-order valence-electron chi connectivity index (χ2n) is 5.87. The van der Waals surface area contributed by atoms with E-state index < -0.39 is 4.92 Å². The van der Waals surface area contributed by atoms with Crippen LogP contribution in [0, 0.1) is 16.0 Å². The van der Waals surface area contributed by atoms with Gasteiger partial charge in [-0.25, -0.2) is 0 Å². The maximum Gasteiger partial charge on any atom is 0.269 e. The summed E-state index contributed by atoms with van der Waals surface area (Å²) in [6, 6.07) is 6.18. The first kappa shape index (κ1) is 19.4. The quantitative estimate of drug-likeness (QED) is 0.615. The van der Waals surface area contributed by atoms with Gasteiger partial charge in [-0.1, -0.05) is 12.1 Å². The topological polar surface area (TPSA) is 84.3 Å². The van der Waals surface area contributed by atoms with Crippen LogP contribution in [0.4, 0.5) is 5.69 Å². The predicted octanol–water partition coefficient (Wildman–Crippen LogP) is 2.97. The van der Waals surface area contributed by atoms with E-state index in [4.69, 9.17) is 0 Å². The van der Waals surface area contributed by atoms with Gasteiger partial charge in [0.25, 0.3) is 5.69 Å². The molecule has 0 radical (unpaired) electrons. The molecule has 1 aliphatic heterocycles. The van der Waals surface area contributed by atoms with E-state index in [1.54, 1.807) is 12.1 Å². The van der Waals surface area contributed by atoms with Gasteiger partial charge in [0.05, 0.1) is 11.0 Å². The lowest BCUT2D eigenvalue weighted by Gasteiger charge is -2.22. The number of carbonyl (C=O) groups excluding carboxylic acids is 1. The Morgan fingerprint density at radius 1 is 1.43 bits per heavy atom. The lowest BCUT2D eigenvalue weighted by atomic mass is 9.93. The fraction of sp³-hybridized carbons (Fsp3) is 0.562. The summed E-state index contributed by atoms with van der Waals surface area (Å²) in [6.07, 6.45) is 3.69. The summed E-state index contributed by atoms with van der Waals surface area (Å²) >= 11 is 0. The summed E-state index contributed by atoms with van der Waals surface area (Å²) in [4.78, 5) is 22.4. The number of halogens is 1. The number of nitro benzene ring substituents is 1. The first-order valence-electron chi connectivity index (χ1n) is 7.80. The van der Waals surface area contributed by atoms with Crippen LogP contribution >= 0.6 is 12.4 Å². The van der Waals surface area contributed by atoms with Crippen LogP contribution in [0.1, 0.15) is 44.2 Å². The van der Waals surface area contributed by atoms with Crippen molar-refractivity contribution in [2.45, 2.75) is 38.6 Å². The van der Waals surface area contributed by atoms with Gasteiger partial charge in [-0.15, -0.1) is 12.4 Å². The molecule has 2 rings (SSSR count). The van der Waals surface area contributed by atoms with E-state index in [1.165, 1.54) is 12.1 Å². The molecule has 2 N–H and O–H groups in total. The molecule has 0 aliphatic carbocycles. The molecular weight excluding hydrogens is 318 g/mol. The first-order valence-corrected chi connectivity index (χ1v) is 7.80. The van der Waals surface area contributed by atoms with E-state index in [2.05, 4.69) is 10.6 Å². The number of carbonyl (C=O) groups is 1. The van der Waals surface area contributed by atoms with Crippen LogP contribution in [0.25, 0.3) is 0 Å². The number of rotatable bonds is 6. The van der Waals surface area contributed by atoms with Gasteiger partial charge in [0.2, 0.25) is 5.91 Å². The number of non-ortho nitro benzene ring substituents is 1. The standard InChI is InChI=1S/C16H23N3O3.ClH/c1-12(14-3-2-4-15(11-14)19(21)22)18-16(20)6-5-13-7-9-17-10-8-13;/h2-4,11-13,17H,5-10H2,1H3,(H,18,20);1H. The minimum Gasteiger partial charge on any atom is -0.350 e. The number of nitrogens with zero attached hydrogens (tertiary/aromatic N) is 1. The molecule has 1 aromatic carbocycles. The summed E-state index contributed by atoms with van der Waals surface area (Å²) in [5.41, 5.74) is 0.803. The summed E-state index contributed by atoms with van der Waals surface area (Å²) in [6.45, 7) is 3.92. The lowest BCUT2D eigenvalue weighted by Crippen LogP contribution is -2.30. The molecule has 128 valence electrons. The highest BCUT2D eigenvalue weighted by molar-refractivity contribution is 5.85. The number of hydrogen-bond acceptors (Lipinski definition) is 4. The minimum atomic E-state index is -0.421. The zero-order valence-electron chi connectivity index (χ0n) is 13.3. The van der Waals surface area contributed by atoms with Crippen molar-refractivity contribution >= 4 is 24.0 Å². The second-order valence-corrected chi connectivity index (χ2v) is 5.87. The highest BCUT2D eigenvalue weighted by atomic mass is 35.5. The molecule has 0 bridgehead atoms. The maximum absolute atomic E-state index is 12.0. The number of nitro groups is 1. The van der Waals surface area contributed by atoms with Crippen LogP contribution in [0.5, 0.6) is 0 Å². The zero-order valence-corrected chi connectivity index (χ0v) is 14.1. The zero-order chi connectivity index (χ0) is 15.9. The van der Waals surface area contributed by atoms with Crippen molar-refractivity contribution in [2.75, 3.05) is 13.1 Å². The molecule has 0 aromatic heterocycles. The molecule has 23 heavy (non-hydrogen) atoms. The van der Waals surface area contributed by atoms with Crippen molar-refractivity contribution in [3.8, 4) is 0 Å². The monoisotopic (exact) mass is 341 g/mol. The third kappa shape index (κ3) is 6.15. The lowest BCUT2D eigenvalue weighted by molar-refractivity contribution is -0.384. The third-order valence-electron chi connectivity index (χ3n) is 4.20. The van der Waals surface area contributed by atoms with E-state index in [9.17, 15) is 14.9 Å². The number of benzene rings is 1. The average Bonchev–Trinajstić information content (AvgIpc) is 2.54. The smallest absolute Gasteiger partial charge is 0.269 e. The van der Waals surface area contributed by atoms with Crippen molar-refractivity contribution < 1.29 is 9.72 Å². The number of nitrogens with one attached hydrogen (secondary N) is 2. The molecule has 1 atom stereocenters. The maximum atomic E-state index is 12.0. The molecular formula is C16H24ClN3O3. The summed E-state index contributed by atoms with van der Waals surface area (Å²) in [7, 11) is 0.